The first-order valence-electron chi connectivity index (χ1n) is 4.89. The molecule has 1 nitrogen and oxygen atoms in total. The second-order valence-corrected chi connectivity index (χ2v) is 4.85. The van der Waals surface area contributed by atoms with Crippen molar-refractivity contribution in [2.24, 2.45) is 0 Å². The third-order valence-electron chi connectivity index (χ3n) is 2.14. The fourth-order valence-corrected chi connectivity index (χ4v) is 2.49. The van der Waals surface area contributed by atoms with Crippen molar-refractivity contribution in [1.29, 1.82) is 0 Å². The summed E-state index contributed by atoms with van der Waals surface area (Å²) in [5, 5.41) is 0. The van der Waals surface area contributed by atoms with Gasteiger partial charge in [-0.1, -0.05) is 30.0 Å². The largest absolute Gasteiger partial charge is 0.497 e. The van der Waals surface area contributed by atoms with Crippen LogP contribution in [0.3, 0.4) is 0 Å². The Labute approximate surface area is 105 Å². The molecule has 0 spiro atoms. The maximum Gasteiger partial charge on any atom is 0.120 e. The Kier molecular flexibility index (Phi) is 3.80. The summed E-state index contributed by atoms with van der Waals surface area (Å²) in [6.45, 7) is 0. The minimum Gasteiger partial charge on any atom is -0.497 e. The molecule has 3 heteroatoms. The second-order valence-electron chi connectivity index (χ2n) is 3.25. The zero-order chi connectivity index (χ0) is 11.4. The van der Waals surface area contributed by atoms with Crippen LogP contribution >= 0.6 is 24.4 Å². The van der Waals surface area contributed by atoms with Gasteiger partial charge in [-0.15, -0.1) is 12.6 Å². The molecule has 2 aromatic rings. The minimum atomic E-state index is 0.858. The third kappa shape index (κ3) is 2.74. The average molecular weight is 248 g/mol. The Morgan fingerprint density at radius 3 is 2.50 bits per heavy atom. The molecule has 0 unspecified atom stereocenters. The molecular weight excluding hydrogens is 236 g/mol. The summed E-state index contributed by atoms with van der Waals surface area (Å²) in [7, 11) is 1.67. The first kappa shape index (κ1) is 11.4. The molecule has 0 atom stereocenters. The van der Waals surface area contributed by atoms with Gasteiger partial charge in [0.05, 0.1) is 7.11 Å². The van der Waals surface area contributed by atoms with E-state index in [1.807, 2.05) is 36.4 Å². The summed E-state index contributed by atoms with van der Waals surface area (Å²) in [5.41, 5.74) is 0. The Bertz CT molecular complexity index is 469. The lowest BCUT2D eigenvalue weighted by Gasteiger charge is -2.07. The zero-order valence-corrected chi connectivity index (χ0v) is 10.6. The van der Waals surface area contributed by atoms with Crippen LogP contribution in [0.4, 0.5) is 0 Å². The molecule has 2 rings (SSSR count). The molecule has 0 radical (unpaired) electrons. The highest BCUT2D eigenvalue weighted by Crippen LogP contribution is 2.34. The highest BCUT2D eigenvalue weighted by atomic mass is 32.2. The van der Waals surface area contributed by atoms with E-state index in [-0.39, 0.29) is 0 Å². The number of methoxy groups -OCH3 is 1. The molecule has 0 aromatic heterocycles. The highest BCUT2D eigenvalue weighted by Gasteiger charge is 2.03. The van der Waals surface area contributed by atoms with Crippen LogP contribution in [0.5, 0.6) is 5.75 Å². The van der Waals surface area contributed by atoms with Gasteiger partial charge in [0.15, 0.2) is 0 Å². The van der Waals surface area contributed by atoms with E-state index in [1.54, 1.807) is 18.9 Å². The Morgan fingerprint density at radius 1 is 1.06 bits per heavy atom. The van der Waals surface area contributed by atoms with E-state index in [4.69, 9.17) is 4.74 Å². The summed E-state index contributed by atoms with van der Waals surface area (Å²) in [4.78, 5) is 3.27. The minimum absolute atomic E-state index is 0.858. The predicted molar refractivity (Wildman–Crippen MR) is 70.8 cm³/mol. The van der Waals surface area contributed by atoms with Crippen LogP contribution in [0.15, 0.2) is 63.2 Å². The van der Waals surface area contributed by atoms with Crippen molar-refractivity contribution in [3.63, 3.8) is 0 Å². The van der Waals surface area contributed by atoms with E-state index < -0.39 is 0 Å². The first-order chi connectivity index (χ1) is 7.79. The Hall–Kier alpha value is -1.06. The summed E-state index contributed by atoms with van der Waals surface area (Å²) >= 11 is 6.13. The fourth-order valence-electron chi connectivity index (χ4n) is 1.32. The van der Waals surface area contributed by atoms with Crippen LogP contribution in [0.1, 0.15) is 0 Å². The maximum absolute atomic E-state index is 5.20. The van der Waals surface area contributed by atoms with Crippen molar-refractivity contribution in [3.05, 3.63) is 48.5 Å². The van der Waals surface area contributed by atoms with E-state index >= 15 is 0 Å². The van der Waals surface area contributed by atoms with Crippen LogP contribution in [-0.2, 0) is 0 Å². The van der Waals surface area contributed by atoms with Crippen LogP contribution < -0.4 is 4.74 Å². The lowest BCUT2D eigenvalue weighted by Crippen LogP contribution is -1.84. The summed E-state index contributed by atoms with van der Waals surface area (Å²) < 4.78 is 5.20. The number of rotatable bonds is 3. The van der Waals surface area contributed by atoms with Gasteiger partial charge in [0.25, 0.3) is 0 Å². The summed E-state index contributed by atoms with van der Waals surface area (Å²) in [6, 6.07) is 16.1. The molecule has 16 heavy (non-hydrogen) atoms. The van der Waals surface area contributed by atoms with Crippen molar-refractivity contribution in [3.8, 4) is 5.75 Å². The highest BCUT2D eigenvalue weighted by molar-refractivity contribution is 7.99. The van der Waals surface area contributed by atoms with Gasteiger partial charge >= 0.3 is 0 Å². The van der Waals surface area contributed by atoms with Crippen molar-refractivity contribution in [2.75, 3.05) is 7.11 Å². The van der Waals surface area contributed by atoms with Gasteiger partial charge in [0.2, 0.25) is 0 Å². The molecule has 0 bridgehead atoms. The smallest absolute Gasteiger partial charge is 0.120 e. The van der Waals surface area contributed by atoms with E-state index in [2.05, 4.69) is 24.8 Å². The molecular formula is C13H12OS2. The van der Waals surface area contributed by atoms with E-state index in [1.165, 1.54) is 4.90 Å². The van der Waals surface area contributed by atoms with Gasteiger partial charge in [0, 0.05) is 14.7 Å². The Balaban J connectivity index is 2.27. The average Bonchev–Trinajstić information content (AvgIpc) is 2.33. The van der Waals surface area contributed by atoms with E-state index in [0.717, 1.165) is 15.5 Å². The summed E-state index contributed by atoms with van der Waals surface area (Å²) in [6.07, 6.45) is 0. The molecule has 0 heterocycles. The molecule has 0 saturated carbocycles. The van der Waals surface area contributed by atoms with Gasteiger partial charge < -0.3 is 4.74 Å². The predicted octanol–water partition coefficient (Wildman–Crippen LogP) is 4.14. The molecule has 0 N–H and O–H groups in total. The monoisotopic (exact) mass is 248 g/mol. The molecule has 0 amide bonds. The van der Waals surface area contributed by atoms with Crippen molar-refractivity contribution in [2.45, 2.75) is 14.7 Å². The SMILES string of the molecule is COc1ccc(S)c(Sc2ccccc2)c1. The van der Waals surface area contributed by atoms with Crippen LogP contribution in [-0.4, -0.2) is 7.11 Å². The number of benzene rings is 2. The van der Waals surface area contributed by atoms with Gasteiger partial charge in [-0.3, -0.25) is 0 Å². The molecule has 0 aliphatic carbocycles. The number of hydrogen-bond donors (Lipinski definition) is 1. The number of thiol groups is 1. The summed E-state index contributed by atoms with van der Waals surface area (Å²) in [5.74, 6) is 0.858. The lowest BCUT2D eigenvalue weighted by atomic mass is 10.3. The third-order valence-corrected chi connectivity index (χ3v) is 3.74. The topological polar surface area (TPSA) is 9.23 Å². The molecule has 82 valence electrons. The van der Waals surface area contributed by atoms with Gasteiger partial charge in [-0.05, 0) is 30.3 Å². The Morgan fingerprint density at radius 2 is 1.81 bits per heavy atom. The molecule has 0 aliphatic rings. The van der Waals surface area contributed by atoms with Crippen molar-refractivity contribution < 1.29 is 4.74 Å². The van der Waals surface area contributed by atoms with Crippen molar-refractivity contribution in [1.82, 2.24) is 0 Å². The van der Waals surface area contributed by atoms with Gasteiger partial charge in [-0.25, -0.2) is 0 Å². The molecule has 0 aliphatic heterocycles. The maximum atomic E-state index is 5.20. The zero-order valence-electron chi connectivity index (χ0n) is 8.88. The van der Waals surface area contributed by atoms with Crippen LogP contribution in [0.25, 0.3) is 0 Å². The van der Waals surface area contributed by atoms with Gasteiger partial charge in [0.1, 0.15) is 5.75 Å². The number of hydrogen-bond acceptors (Lipinski definition) is 3. The van der Waals surface area contributed by atoms with Crippen LogP contribution in [0, 0.1) is 0 Å². The molecule has 0 fully saturated rings. The van der Waals surface area contributed by atoms with E-state index in [0.29, 0.717) is 0 Å². The number of ether oxygens (including phenoxy) is 1. The molecule has 2 aromatic carbocycles. The normalized spacial score (nSPS) is 10.1. The lowest BCUT2D eigenvalue weighted by molar-refractivity contribution is 0.413. The van der Waals surface area contributed by atoms with Crippen molar-refractivity contribution >= 4 is 24.4 Å². The van der Waals surface area contributed by atoms with Crippen LogP contribution in [0.2, 0.25) is 0 Å². The standard InChI is InChI=1S/C13H12OS2/c1-14-10-7-8-12(15)13(9-10)16-11-5-3-2-4-6-11/h2-9,15H,1H3. The van der Waals surface area contributed by atoms with E-state index in [9.17, 15) is 0 Å². The first-order valence-corrected chi connectivity index (χ1v) is 6.16. The molecule has 0 saturated heterocycles. The van der Waals surface area contributed by atoms with Gasteiger partial charge in [-0.2, -0.15) is 0 Å². The fraction of sp³-hybridized carbons (Fsp3) is 0.0769. The second kappa shape index (κ2) is 5.32. The quantitative estimate of drug-likeness (QED) is 0.818.